The van der Waals surface area contributed by atoms with Crippen molar-refractivity contribution in [2.45, 2.75) is 13.3 Å². The Morgan fingerprint density at radius 1 is 0.952 bits per heavy atom. The van der Waals surface area contributed by atoms with E-state index in [1.54, 1.807) is 6.92 Å². The molecule has 0 saturated carbocycles. The Balaban J connectivity index is 2.15. The van der Waals surface area contributed by atoms with Crippen molar-refractivity contribution in [3.63, 3.8) is 0 Å². The van der Waals surface area contributed by atoms with Crippen molar-refractivity contribution in [2.75, 3.05) is 13.2 Å². The quantitative estimate of drug-likeness (QED) is 0.462. The third-order valence-electron chi connectivity index (χ3n) is 3.01. The normalized spacial score (nSPS) is 9.95. The summed E-state index contributed by atoms with van der Waals surface area (Å²) in [4.78, 5) is 15.7. The Labute approximate surface area is 125 Å². The van der Waals surface area contributed by atoms with Crippen molar-refractivity contribution in [1.29, 1.82) is 0 Å². The highest BCUT2D eigenvalue weighted by Gasteiger charge is 2.06. The lowest BCUT2D eigenvalue weighted by atomic mass is 10.0. The lowest BCUT2D eigenvalue weighted by molar-refractivity contribution is -0.142. The highest BCUT2D eigenvalue weighted by atomic mass is 16.5. The van der Waals surface area contributed by atoms with Gasteiger partial charge in [0.1, 0.15) is 6.61 Å². The third kappa shape index (κ3) is 4.56. The molecule has 0 aliphatic carbocycles. The van der Waals surface area contributed by atoms with E-state index in [1.165, 1.54) is 0 Å². The van der Waals surface area contributed by atoms with Crippen molar-refractivity contribution in [3.05, 3.63) is 71.8 Å². The first-order chi connectivity index (χ1) is 10.3. The average molecular weight is 281 g/mol. The zero-order chi connectivity index (χ0) is 14.9. The first-order valence-electron chi connectivity index (χ1n) is 7.12. The zero-order valence-corrected chi connectivity index (χ0v) is 12.2. The van der Waals surface area contributed by atoms with Crippen molar-refractivity contribution >= 4 is 11.7 Å². The van der Waals surface area contributed by atoms with E-state index >= 15 is 0 Å². The summed E-state index contributed by atoms with van der Waals surface area (Å²) in [5.41, 5.74) is 3.04. The third-order valence-corrected chi connectivity index (χ3v) is 3.01. The van der Waals surface area contributed by atoms with Gasteiger partial charge in [-0.3, -0.25) is 9.79 Å². The predicted molar refractivity (Wildman–Crippen MR) is 84.6 cm³/mol. The molecule has 3 heteroatoms. The van der Waals surface area contributed by atoms with Crippen molar-refractivity contribution in [1.82, 2.24) is 0 Å². The Hall–Kier alpha value is -2.42. The summed E-state index contributed by atoms with van der Waals surface area (Å²) in [6, 6.07) is 20.1. The van der Waals surface area contributed by atoms with Gasteiger partial charge in [-0.15, -0.1) is 0 Å². The second-order valence-corrected chi connectivity index (χ2v) is 4.54. The Morgan fingerprint density at radius 2 is 1.48 bits per heavy atom. The first-order valence-corrected chi connectivity index (χ1v) is 7.12. The summed E-state index contributed by atoms with van der Waals surface area (Å²) >= 11 is 0. The van der Waals surface area contributed by atoms with E-state index in [0.29, 0.717) is 19.6 Å². The molecule has 0 aliphatic rings. The highest BCUT2D eigenvalue weighted by Crippen LogP contribution is 2.10. The number of carbonyl (C=O) groups excluding carboxylic acids is 1. The van der Waals surface area contributed by atoms with Gasteiger partial charge in [0.25, 0.3) is 0 Å². The maximum Gasteiger partial charge on any atom is 0.305 e. The van der Waals surface area contributed by atoms with Gasteiger partial charge in [-0.05, 0) is 0 Å². The van der Waals surface area contributed by atoms with Gasteiger partial charge in [0.05, 0.1) is 12.3 Å². The maximum atomic E-state index is 11.1. The first kappa shape index (κ1) is 15.0. The fourth-order valence-corrected chi connectivity index (χ4v) is 1.96. The molecule has 0 spiro atoms. The molecular formula is C18H19NO2. The van der Waals surface area contributed by atoms with Crippen LogP contribution in [0.25, 0.3) is 0 Å². The van der Waals surface area contributed by atoms with E-state index in [2.05, 4.69) is 4.99 Å². The number of hydrogen-bond donors (Lipinski definition) is 0. The molecule has 0 saturated heterocycles. The molecule has 0 unspecified atom stereocenters. The molecule has 3 nitrogen and oxygen atoms in total. The number of ether oxygens (including phenoxy) is 1. The zero-order valence-electron chi connectivity index (χ0n) is 12.2. The summed E-state index contributed by atoms with van der Waals surface area (Å²) in [6.45, 7) is 2.56. The molecule has 0 amide bonds. The molecule has 0 radical (unpaired) electrons. The van der Waals surface area contributed by atoms with Crippen LogP contribution in [0.2, 0.25) is 0 Å². The van der Waals surface area contributed by atoms with E-state index in [4.69, 9.17) is 4.74 Å². The minimum Gasteiger partial charge on any atom is -0.464 e. The minimum atomic E-state index is -0.189. The molecule has 21 heavy (non-hydrogen) atoms. The van der Waals surface area contributed by atoms with Crippen molar-refractivity contribution in [2.24, 2.45) is 4.99 Å². The van der Waals surface area contributed by atoms with Gasteiger partial charge in [-0.2, -0.15) is 0 Å². The number of nitrogens with zero attached hydrogens (tertiary/aromatic N) is 1. The largest absolute Gasteiger partial charge is 0.464 e. The van der Waals surface area contributed by atoms with Crippen LogP contribution in [0, 0.1) is 0 Å². The standard InChI is InChI=1S/C18H19NO2/c1-2-17(20)21-14-13-19-18(15-9-5-3-6-10-15)16-11-7-4-8-12-16/h3-12H,2,13-14H2,1H3. The van der Waals surface area contributed by atoms with Gasteiger partial charge in [0.2, 0.25) is 0 Å². The average Bonchev–Trinajstić information content (AvgIpc) is 2.56. The monoisotopic (exact) mass is 281 g/mol. The number of aliphatic imine (C=N–C) groups is 1. The van der Waals surface area contributed by atoms with Crippen LogP contribution in [0.1, 0.15) is 24.5 Å². The topological polar surface area (TPSA) is 38.7 Å². The molecule has 0 atom stereocenters. The molecule has 0 aromatic heterocycles. The SMILES string of the molecule is CCC(=O)OCCN=C(c1ccccc1)c1ccccc1. The van der Waals surface area contributed by atoms with Gasteiger partial charge < -0.3 is 4.74 Å². The fraction of sp³-hybridized carbons (Fsp3) is 0.222. The number of benzene rings is 2. The summed E-state index contributed by atoms with van der Waals surface area (Å²) in [7, 11) is 0. The molecule has 0 N–H and O–H groups in total. The number of carbonyl (C=O) groups is 1. The van der Waals surface area contributed by atoms with E-state index < -0.39 is 0 Å². The number of hydrogen-bond acceptors (Lipinski definition) is 3. The van der Waals surface area contributed by atoms with E-state index in [-0.39, 0.29) is 5.97 Å². The number of esters is 1. The van der Waals surface area contributed by atoms with Gasteiger partial charge in [-0.25, -0.2) is 0 Å². The molecule has 2 rings (SSSR count). The smallest absolute Gasteiger partial charge is 0.305 e. The summed E-state index contributed by atoms with van der Waals surface area (Å²) in [5, 5.41) is 0. The van der Waals surface area contributed by atoms with Crippen LogP contribution in [-0.2, 0) is 9.53 Å². The molecular weight excluding hydrogens is 262 g/mol. The van der Waals surface area contributed by atoms with Crippen molar-refractivity contribution < 1.29 is 9.53 Å². The summed E-state index contributed by atoms with van der Waals surface area (Å²) in [6.07, 6.45) is 0.397. The van der Waals surface area contributed by atoms with Crippen LogP contribution in [0.4, 0.5) is 0 Å². The summed E-state index contributed by atoms with van der Waals surface area (Å²) in [5.74, 6) is -0.189. The van der Waals surface area contributed by atoms with Crippen LogP contribution in [0.3, 0.4) is 0 Å². The van der Waals surface area contributed by atoms with E-state index in [0.717, 1.165) is 16.8 Å². The second-order valence-electron chi connectivity index (χ2n) is 4.54. The Bertz CT molecular complexity index is 550. The molecule has 2 aromatic rings. The molecule has 0 bridgehead atoms. The Morgan fingerprint density at radius 3 is 1.95 bits per heavy atom. The molecule has 0 fully saturated rings. The van der Waals surface area contributed by atoms with E-state index in [1.807, 2.05) is 60.7 Å². The second kappa shape index (κ2) is 8.00. The predicted octanol–water partition coefficient (Wildman–Crippen LogP) is 3.48. The van der Waals surface area contributed by atoms with Gasteiger partial charge in [0, 0.05) is 17.5 Å². The van der Waals surface area contributed by atoms with Crippen LogP contribution in [-0.4, -0.2) is 24.8 Å². The molecule has 0 heterocycles. The van der Waals surface area contributed by atoms with Crippen LogP contribution >= 0.6 is 0 Å². The van der Waals surface area contributed by atoms with Gasteiger partial charge in [0.15, 0.2) is 0 Å². The van der Waals surface area contributed by atoms with Gasteiger partial charge in [-0.1, -0.05) is 67.6 Å². The van der Waals surface area contributed by atoms with Crippen LogP contribution < -0.4 is 0 Å². The van der Waals surface area contributed by atoms with Crippen molar-refractivity contribution in [3.8, 4) is 0 Å². The van der Waals surface area contributed by atoms with Crippen LogP contribution in [0.5, 0.6) is 0 Å². The fourth-order valence-electron chi connectivity index (χ4n) is 1.96. The van der Waals surface area contributed by atoms with Gasteiger partial charge >= 0.3 is 5.97 Å². The minimum absolute atomic E-state index is 0.189. The molecule has 0 aliphatic heterocycles. The number of rotatable bonds is 6. The molecule has 2 aromatic carbocycles. The maximum absolute atomic E-state index is 11.1. The Kier molecular flexibility index (Phi) is 5.71. The van der Waals surface area contributed by atoms with E-state index in [9.17, 15) is 4.79 Å². The highest BCUT2D eigenvalue weighted by molar-refractivity contribution is 6.12. The lowest BCUT2D eigenvalue weighted by Crippen LogP contribution is -2.09. The van der Waals surface area contributed by atoms with Crippen LogP contribution in [0.15, 0.2) is 65.7 Å². The summed E-state index contributed by atoms with van der Waals surface area (Å²) < 4.78 is 5.07. The lowest BCUT2D eigenvalue weighted by Gasteiger charge is -2.08. The molecule has 108 valence electrons.